The number of hydrogen-bond donors (Lipinski definition) is 2. The normalized spacial score (nSPS) is 24.9. The molecule has 1 fully saturated rings. The van der Waals surface area contributed by atoms with Gasteiger partial charge in [-0.15, -0.1) is 0 Å². The van der Waals surface area contributed by atoms with Crippen molar-refractivity contribution in [3.8, 4) is 0 Å². The summed E-state index contributed by atoms with van der Waals surface area (Å²) in [4.78, 5) is 4.01. The Morgan fingerprint density at radius 2 is 2.44 bits per heavy atom. The summed E-state index contributed by atoms with van der Waals surface area (Å²) in [6.45, 7) is 1.36. The summed E-state index contributed by atoms with van der Waals surface area (Å²) in [5.41, 5.74) is 0.559. The molecule has 0 aromatic carbocycles. The van der Waals surface area contributed by atoms with Crippen LogP contribution in [-0.4, -0.2) is 33.7 Å². The van der Waals surface area contributed by atoms with Gasteiger partial charge in [-0.05, 0) is 23.8 Å². The van der Waals surface area contributed by atoms with Gasteiger partial charge in [0.05, 0.1) is 5.60 Å². The first-order valence-corrected chi connectivity index (χ1v) is 6.83. The minimum absolute atomic E-state index is 0.509. The Kier molecular flexibility index (Phi) is 4.08. The van der Waals surface area contributed by atoms with E-state index in [9.17, 15) is 5.11 Å². The molecule has 1 aliphatic rings. The van der Waals surface area contributed by atoms with Crippen molar-refractivity contribution in [2.45, 2.75) is 18.6 Å². The summed E-state index contributed by atoms with van der Waals surface area (Å²) in [6, 6.07) is 3.72. The summed E-state index contributed by atoms with van der Waals surface area (Å²) in [5, 5.41) is 13.9. The first-order valence-electron chi connectivity index (χ1n) is 5.29. The Morgan fingerprint density at radius 3 is 3.06 bits per heavy atom. The zero-order chi connectivity index (χ0) is 11.4. The van der Waals surface area contributed by atoms with Gasteiger partial charge in [0.15, 0.2) is 0 Å². The lowest BCUT2D eigenvalue weighted by Crippen LogP contribution is -2.40. The Labute approximate surface area is 105 Å². The second kappa shape index (κ2) is 5.36. The number of pyridine rings is 1. The second-order valence-corrected chi connectivity index (χ2v) is 5.61. The quantitative estimate of drug-likeness (QED) is 0.807. The summed E-state index contributed by atoms with van der Waals surface area (Å²) in [6.07, 6.45) is 2.63. The van der Waals surface area contributed by atoms with Crippen molar-refractivity contribution >= 4 is 23.4 Å². The van der Waals surface area contributed by atoms with E-state index in [4.69, 9.17) is 11.6 Å². The smallest absolute Gasteiger partial charge is 0.129 e. The van der Waals surface area contributed by atoms with Crippen LogP contribution >= 0.6 is 23.4 Å². The Hall–Kier alpha value is -0.290. The van der Waals surface area contributed by atoms with E-state index in [-0.39, 0.29) is 0 Å². The summed E-state index contributed by atoms with van der Waals surface area (Å²) >= 11 is 7.51. The fraction of sp³-hybridized carbons (Fsp3) is 0.545. The molecule has 2 N–H and O–H groups in total. The second-order valence-electron chi connectivity index (χ2n) is 4.12. The number of halogens is 1. The molecule has 0 bridgehead atoms. The molecular formula is C11H15ClN2OS. The van der Waals surface area contributed by atoms with Crippen LogP contribution in [0.3, 0.4) is 0 Å². The van der Waals surface area contributed by atoms with Crippen LogP contribution in [0.25, 0.3) is 0 Å². The zero-order valence-corrected chi connectivity index (χ0v) is 10.5. The number of hydrogen-bond acceptors (Lipinski definition) is 4. The maximum atomic E-state index is 10.1. The molecule has 0 radical (unpaired) electrons. The maximum absolute atomic E-state index is 10.1. The molecule has 0 amide bonds. The average molecular weight is 259 g/mol. The van der Waals surface area contributed by atoms with Crippen LogP contribution < -0.4 is 5.32 Å². The number of nitrogens with zero attached hydrogens (tertiary/aromatic N) is 1. The van der Waals surface area contributed by atoms with Crippen molar-refractivity contribution in [1.29, 1.82) is 0 Å². The van der Waals surface area contributed by atoms with Crippen molar-refractivity contribution in [3.05, 3.63) is 29.0 Å². The predicted octanol–water partition coefficient (Wildman–Crippen LogP) is 1.69. The van der Waals surface area contributed by atoms with Gasteiger partial charge in [0.1, 0.15) is 5.15 Å². The van der Waals surface area contributed by atoms with E-state index < -0.39 is 5.60 Å². The van der Waals surface area contributed by atoms with E-state index >= 15 is 0 Å². The fourth-order valence-corrected chi connectivity index (χ4v) is 3.09. The van der Waals surface area contributed by atoms with Crippen LogP contribution in [0.15, 0.2) is 18.3 Å². The molecule has 88 valence electrons. The topological polar surface area (TPSA) is 45.1 Å². The molecule has 1 aromatic rings. The molecule has 0 spiro atoms. The number of aromatic nitrogens is 1. The molecule has 1 aliphatic heterocycles. The minimum atomic E-state index is -0.523. The molecule has 0 aliphatic carbocycles. The first kappa shape index (κ1) is 12.2. The third-order valence-corrected chi connectivity index (χ3v) is 4.11. The Balaban J connectivity index is 1.77. The summed E-state index contributed by atoms with van der Waals surface area (Å²) in [7, 11) is 0. The lowest BCUT2D eigenvalue weighted by molar-refractivity contribution is 0.0674. The van der Waals surface area contributed by atoms with Gasteiger partial charge in [-0.2, -0.15) is 11.8 Å². The maximum Gasteiger partial charge on any atom is 0.129 e. The highest BCUT2D eigenvalue weighted by molar-refractivity contribution is 7.99. The van der Waals surface area contributed by atoms with Gasteiger partial charge in [0, 0.05) is 25.0 Å². The molecule has 16 heavy (non-hydrogen) atoms. The number of aliphatic hydroxyl groups is 1. The van der Waals surface area contributed by atoms with Crippen molar-refractivity contribution in [2.24, 2.45) is 0 Å². The first-order chi connectivity index (χ1) is 7.68. The summed E-state index contributed by atoms with van der Waals surface area (Å²) < 4.78 is 0. The van der Waals surface area contributed by atoms with Crippen LogP contribution in [0, 0.1) is 0 Å². The third kappa shape index (κ3) is 3.35. The molecule has 3 nitrogen and oxygen atoms in total. The van der Waals surface area contributed by atoms with Gasteiger partial charge in [-0.3, -0.25) is 0 Å². The van der Waals surface area contributed by atoms with Gasteiger partial charge < -0.3 is 10.4 Å². The van der Waals surface area contributed by atoms with Gasteiger partial charge >= 0.3 is 0 Å². The highest BCUT2D eigenvalue weighted by Crippen LogP contribution is 2.26. The Morgan fingerprint density at radius 1 is 1.56 bits per heavy atom. The van der Waals surface area contributed by atoms with E-state index in [0.717, 1.165) is 30.0 Å². The number of nitrogens with one attached hydrogen (secondary N) is 1. The highest BCUT2D eigenvalue weighted by atomic mass is 35.5. The van der Waals surface area contributed by atoms with Crippen molar-refractivity contribution in [2.75, 3.05) is 18.1 Å². The summed E-state index contributed by atoms with van der Waals surface area (Å²) in [5.74, 6) is 1.89. The fourth-order valence-electron chi connectivity index (χ4n) is 1.69. The number of thioether (sulfide) groups is 1. The predicted molar refractivity (Wildman–Crippen MR) is 67.8 cm³/mol. The molecule has 2 heterocycles. The molecule has 0 saturated carbocycles. The van der Waals surface area contributed by atoms with Crippen LogP contribution in [0.2, 0.25) is 5.15 Å². The van der Waals surface area contributed by atoms with E-state index in [1.165, 1.54) is 0 Å². The molecule has 1 saturated heterocycles. The van der Waals surface area contributed by atoms with Crippen LogP contribution in [0.4, 0.5) is 0 Å². The van der Waals surface area contributed by atoms with Gasteiger partial charge in [0.25, 0.3) is 0 Å². The lowest BCUT2D eigenvalue weighted by Gasteiger charge is -2.21. The van der Waals surface area contributed by atoms with E-state index in [2.05, 4.69) is 10.3 Å². The Bertz CT molecular complexity index is 338. The molecular weight excluding hydrogens is 244 g/mol. The van der Waals surface area contributed by atoms with E-state index in [1.54, 1.807) is 12.3 Å². The van der Waals surface area contributed by atoms with Crippen molar-refractivity contribution in [3.63, 3.8) is 0 Å². The largest absolute Gasteiger partial charge is 0.388 e. The van der Waals surface area contributed by atoms with Crippen molar-refractivity contribution in [1.82, 2.24) is 10.3 Å². The van der Waals surface area contributed by atoms with E-state index in [1.807, 2.05) is 17.8 Å². The van der Waals surface area contributed by atoms with Gasteiger partial charge in [-0.1, -0.05) is 17.7 Å². The van der Waals surface area contributed by atoms with Crippen LogP contribution in [0.1, 0.15) is 12.0 Å². The average Bonchev–Trinajstić information content (AvgIpc) is 2.69. The molecule has 1 atom stereocenters. The van der Waals surface area contributed by atoms with Crippen LogP contribution in [0.5, 0.6) is 0 Å². The zero-order valence-electron chi connectivity index (χ0n) is 8.95. The molecule has 5 heteroatoms. The molecule has 1 aromatic heterocycles. The SMILES string of the molecule is OC1(CNCc2ccc(Cl)nc2)CCSC1. The van der Waals surface area contributed by atoms with Gasteiger partial charge in [-0.25, -0.2) is 4.98 Å². The highest BCUT2D eigenvalue weighted by Gasteiger charge is 2.30. The lowest BCUT2D eigenvalue weighted by atomic mass is 10.0. The monoisotopic (exact) mass is 258 g/mol. The molecule has 1 unspecified atom stereocenters. The molecule has 2 rings (SSSR count). The third-order valence-electron chi connectivity index (χ3n) is 2.65. The number of rotatable bonds is 4. The standard InChI is InChI=1S/C11H15ClN2OS/c12-10-2-1-9(6-14-10)5-13-7-11(15)3-4-16-8-11/h1-2,6,13,15H,3-5,7-8H2. The van der Waals surface area contributed by atoms with Crippen LogP contribution in [-0.2, 0) is 6.54 Å². The van der Waals surface area contributed by atoms with E-state index in [0.29, 0.717) is 11.7 Å². The minimum Gasteiger partial charge on any atom is -0.388 e. The van der Waals surface area contributed by atoms with Crippen molar-refractivity contribution < 1.29 is 5.11 Å². The van der Waals surface area contributed by atoms with Gasteiger partial charge in [0.2, 0.25) is 0 Å².